The van der Waals surface area contributed by atoms with Gasteiger partial charge in [0.05, 0.1) is 16.4 Å². The highest BCUT2D eigenvalue weighted by molar-refractivity contribution is 6.24. The van der Waals surface area contributed by atoms with Gasteiger partial charge in [-0.2, -0.15) is 0 Å². The van der Waals surface area contributed by atoms with Crippen LogP contribution >= 0.6 is 0 Å². The molecule has 6 heteroatoms. The van der Waals surface area contributed by atoms with Gasteiger partial charge in [-0.1, -0.05) is 91.0 Å². The first-order chi connectivity index (χ1) is 24.8. The number of pyridine rings is 1. The molecule has 0 aliphatic rings. The van der Waals surface area contributed by atoms with Gasteiger partial charge >= 0.3 is 0 Å². The number of furan rings is 1. The Morgan fingerprint density at radius 3 is 1.90 bits per heavy atom. The average Bonchev–Trinajstić information content (AvgIpc) is 3.74. The molecule has 234 valence electrons. The summed E-state index contributed by atoms with van der Waals surface area (Å²) in [7, 11) is 0. The van der Waals surface area contributed by atoms with Crippen LogP contribution in [0.1, 0.15) is 0 Å². The van der Waals surface area contributed by atoms with E-state index in [-0.39, 0.29) is 0 Å². The van der Waals surface area contributed by atoms with Crippen molar-refractivity contribution in [3.63, 3.8) is 0 Å². The summed E-state index contributed by atoms with van der Waals surface area (Å²) < 4.78 is 9.09. The Morgan fingerprint density at radius 1 is 0.440 bits per heavy atom. The number of rotatable bonds is 5. The van der Waals surface area contributed by atoms with Crippen LogP contribution in [0.4, 0.5) is 0 Å². The fourth-order valence-electron chi connectivity index (χ4n) is 7.01. The van der Waals surface area contributed by atoms with Crippen LogP contribution in [0.25, 0.3) is 94.7 Å². The van der Waals surface area contributed by atoms with Gasteiger partial charge in [-0.3, -0.25) is 4.98 Å². The Labute approximate surface area is 287 Å². The highest BCUT2D eigenvalue weighted by Gasteiger charge is 2.20. The van der Waals surface area contributed by atoms with Crippen molar-refractivity contribution in [1.29, 1.82) is 0 Å². The summed E-state index contributed by atoms with van der Waals surface area (Å²) in [6.07, 6.45) is 3.53. The van der Waals surface area contributed by atoms with Crippen LogP contribution in [0.2, 0.25) is 0 Å². The summed E-state index contributed by atoms with van der Waals surface area (Å²) in [6, 6.07) is 52.1. The van der Waals surface area contributed by atoms with Gasteiger partial charge < -0.3 is 8.98 Å². The van der Waals surface area contributed by atoms with Crippen molar-refractivity contribution in [3.05, 3.63) is 164 Å². The van der Waals surface area contributed by atoms with E-state index in [0.717, 1.165) is 77.2 Å². The van der Waals surface area contributed by atoms with E-state index in [1.807, 2.05) is 54.6 Å². The molecule has 0 amide bonds. The van der Waals surface area contributed by atoms with Gasteiger partial charge in [0.25, 0.3) is 0 Å². The fourth-order valence-corrected chi connectivity index (χ4v) is 7.01. The molecule has 6 nitrogen and oxygen atoms in total. The first kappa shape index (κ1) is 28.1. The molecular weight excluding hydrogens is 615 g/mol. The van der Waals surface area contributed by atoms with Crippen LogP contribution in [0.15, 0.2) is 168 Å². The number of aromatic nitrogens is 5. The molecule has 4 aromatic heterocycles. The SMILES string of the molecule is c1ccc(-c2cccc(-c3nc(-c4cccnc4)nc(-c4ccc5c(c4)oc4c5ccc5c4c4ccccc4n5-c4ccccc4)n3)c2)cc1. The van der Waals surface area contributed by atoms with Crippen LogP contribution in [0, 0.1) is 0 Å². The van der Waals surface area contributed by atoms with Gasteiger partial charge in [-0.25, -0.2) is 15.0 Å². The molecule has 10 aromatic rings. The summed E-state index contributed by atoms with van der Waals surface area (Å²) in [5, 5.41) is 4.36. The number of benzene rings is 6. The van der Waals surface area contributed by atoms with E-state index < -0.39 is 0 Å². The number of hydrogen-bond donors (Lipinski definition) is 0. The maximum Gasteiger partial charge on any atom is 0.165 e. The molecule has 0 saturated carbocycles. The minimum absolute atomic E-state index is 0.559. The number of fused-ring (bicyclic) bond motifs is 7. The molecule has 0 fully saturated rings. The molecule has 10 rings (SSSR count). The Kier molecular flexibility index (Phi) is 6.39. The predicted octanol–water partition coefficient (Wildman–Crippen LogP) is 10.9. The smallest absolute Gasteiger partial charge is 0.165 e. The van der Waals surface area contributed by atoms with Gasteiger partial charge in [0, 0.05) is 50.9 Å². The van der Waals surface area contributed by atoms with Crippen molar-refractivity contribution < 1.29 is 4.42 Å². The minimum atomic E-state index is 0.559. The van der Waals surface area contributed by atoms with E-state index in [1.165, 1.54) is 0 Å². The van der Waals surface area contributed by atoms with Crippen LogP contribution < -0.4 is 0 Å². The monoisotopic (exact) mass is 641 g/mol. The Balaban J connectivity index is 1.16. The fraction of sp³-hybridized carbons (Fsp3) is 0. The summed E-state index contributed by atoms with van der Waals surface area (Å²) in [4.78, 5) is 19.3. The second kappa shape index (κ2) is 11.4. The van der Waals surface area contributed by atoms with Crippen LogP contribution in [0.3, 0.4) is 0 Å². The molecular formula is C44H27N5O. The number of hydrogen-bond acceptors (Lipinski definition) is 5. The van der Waals surface area contributed by atoms with Crippen LogP contribution in [-0.4, -0.2) is 24.5 Å². The first-order valence-electron chi connectivity index (χ1n) is 16.5. The molecule has 4 heterocycles. The van der Waals surface area contributed by atoms with Crippen LogP contribution in [0.5, 0.6) is 0 Å². The molecule has 0 saturated heterocycles. The van der Waals surface area contributed by atoms with Crippen molar-refractivity contribution in [3.8, 4) is 51.0 Å². The molecule has 6 aromatic carbocycles. The van der Waals surface area contributed by atoms with Crippen molar-refractivity contribution in [2.24, 2.45) is 0 Å². The van der Waals surface area contributed by atoms with Gasteiger partial charge in [0.1, 0.15) is 11.2 Å². The van der Waals surface area contributed by atoms with Gasteiger partial charge in [0.15, 0.2) is 17.5 Å². The Hall–Kier alpha value is -6.92. The lowest BCUT2D eigenvalue weighted by Gasteiger charge is -2.09. The van der Waals surface area contributed by atoms with E-state index in [1.54, 1.807) is 12.4 Å². The van der Waals surface area contributed by atoms with Crippen molar-refractivity contribution in [2.45, 2.75) is 0 Å². The minimum Gasteiger partial charge on any atom is -0.455 e. The largest absolute Gasteiger partial charge is 0.455 e. The third kappa shape index (κ3) is 4.58. The highest BCUT2D eigenvalue weighted by Crippen LogP contribution is 2.41. The standard InChI is InChI=1S/C44H27N5O/c1-3-11-28(12-4-1)29-13-9-14-30(25-29)42-46-43(48-44(47-42)32-15-10-24-45-27-32)31-20-21-34-35-22-23-38-40(41(35)50-39(34)26-31)36-18-7-8-19-37(36)49(38)33-16-5-2-6-17-33/h1-27H. The van der Waals surface area contributed by atoms with Crippen molar-refractivity contribution >= 4 is 43.7 Å². The molecule has 0 bridgehead atoms. The number of nitrogens with zero attached hydrogens (tertiary/aromatic N) is 5. The zero-order chi connectivity index (χ0) is 33.0. The second-order valence-electron chi connectivity index (χ2n) is 12.3. The summed E-state index contributed by atoms with van der Waals surface area (Å²) >= 11 is 0. The van der Waals surface area contributed by atoms with Crippen LogP contribution in [-0.2, 0) is 0 Å². The van der Waals surface area contributed by atoms with Crippen molar-refractivity contribution in [1.82, 2.24) is 24.5 Å². The third-order valence-electron chi connectivity index (χ3n) is 9.33. The normalized spacial score (nSPS) is 11.6. The highest BCUT2D eigenvalue weighted by atomic mass is 16.3. The van der Waals surface area contributed by atoms with Gasteiger partial charge in [-0.05, 0) is 71.8 Å². The molecule has 0 aliphatic heterocycles. The molecule has 50 heavy (non-hydrogen) atoms. The molecule has 0 unspecified atom stereocenters. The van der Waals surface area contributed by atoms with Crippen molar-refractivity contribution in [2.75, 3.05) is 0 Å². The summed E-state index contributed by atoms with van der Waals surface area (Å²) in [5.41, 5.74) is 9.78. The summed E-state index contributed by atoms with van der Waals surface area (Å²) in [5.74, 6) is 1.71. The average molecular weight is 642 g/mol. The molecule has 0 spiro atoms. The maximum absolute atomic E-state index is 6.79. The predicted molar refractivity (Wildman–Crippen MR) is 201 cm³/mol. The third-order valence-corrected chi connectivity index (χ3v) is 9.33. The van der Waals surface area contributed by atoms with E-state index in [0.29, 0.717) is 17.5 Å². The van der Waals surface area contributed by atoms with E-state index >= 15 is 0 Å². The lowest BCUT2D eigenvalue weighted by Crippen LogP contribution is -2.00. The zero-order valence-corrected chi connectivity index (χ0v) is 26.7. The summed E-state index contributed by atoms with van der Waals surface area (Å²) in [6.45, 7) is 0. The van der Waals surface area contributed by atoms with E-state index in [9.17, 15) is 0 Å². The molecule has 0 aliphatic carbocycles. The van der Waals surface area contributed by atoms with Gasteiger partial charge in [-0.15, -0.1) is 0 Å². The first-order valence-corrected chi connectivity index (χ1v) is 16.5. The van der Waals surface area contributed by atoms with E-state index in [2.05, 4.69) is 107 Å². The van der Waals surface area contributed by atoms with Gasteiger partial charge in [0.2, 0.25) is 0 Å². The molecule has 0 radical (unpaired) electrons. The lowest BCUT2D eigenvalue weighted by atomic mass is 10.0. The quantitative estimate of drug-likeness (QED) is 0.187. The second-order valence-corrected chi connectivity index (χ2v) is 12.3. The molecule has 0 N–H and O–H groups in total. The maximum atomic E-state index is 6.79. The zero-order valence-electron chi connectivity index (χ0n) is 26.7. The Bertz CT molecular complexity index is 2860. The number of para-hydroxylation sites is 2. The Morgan fingerprint density at radius 2 is 1.10 bits per heavy atom. The molecule has 0 atom stereocenters. The lowest BCUT2D eigenvalue weighted by molar-refractivity contribution is 0.673. The topological polar surface area (TPSA) is 69.6 Å². The van der Waals surface area contributed by atoms with E-state index in [4.69, 9.17) is 19.4 Å².